The highest BCUT2D eigenvalue weighted by Crippen LogP contribution is 2.22. The second-order valence-electron chi connectivity index (χ2n) is 4.42. The van der Waals surface area contributed by atoms with Gasteiger partial charge in [-0.1, -0.05) is 21.1 Å². The Kier molecular flexibility index (Phi) is 3.76. The quantitative estimate of drug-likeness (QED) is 0.674. The van der Waals surface area contributed by atoms with Crippen LogP contribution in [0.3, 0.4) is 0 Å². The van der Waals surface area contributed by atoms with Crippen molar-refractivity contribution in [3.8, 4) is 0 Å². The van der Waals surface area contributed by atoms with Crippen molar-refractivity contribution in [2.45, 2.75) is 19.9 Å². The number of benzene rings is 1. The fraction of sp³-hybridized carbons (Fsp3) is 0.308. The summed E-state index contributed by atoms with van der Waals surface area (Å²) >= 11 is 9.32. The molecule has 0 aliphatic carbocycles. The Morgan fingerprint density at radius 3 is 2.90 bits per heavy atom. The van der Waals surface area contributed by atoms with Gasteiger partial charge in [-0.15, -0.1) is 11.6 Å². The number of fused-ring (bicyclic) bond motifs is 1. The summed E-state index contributed by atoms with van der Waals surface area (Å²) in [5, 5.41) is 3.81. The maximum Gasteiger partial charge on any atom is 0.246 e. The predicted octanol–water partition coefficient (Wildman–Crippen LogP) is 3.32. The average Bonchev–Trinajstić information content (AvgIpc) is 2.95. The summed E-state index contributed by atoms with van der Waals surface area (Å²) in [6.07, 6.45) is 0.695. The average molecular weight is 356 g/mol. The van der Waals surface area contributed by atoms with Gasteiger partial charge in [-0.05, 0) is 25.1 Å². The smallest absolute Gasteiger partial charge is 0.246 e. The number of aryl methyl sites for hydroxylation is 2. The van der Waals surface area contributed by atoms with Crippen molar-refractivity contribution in [3.05, 3.63) is 40.2 Å². The molecule has 0 spiro atoms. The first-order valence-corrected chi connectivity index (χ1v) is 7.50. The van der Waals surface area contributed by atoms with E-state index in [-0.39, 0.29) is 0 Å². The van der Waals surface area contributed by atoms with Gasteiger partial charge in [0.1, 0.15) is 12.4 Å². The van der Waals surface area contributed by atoms with E-state index < -0.39 is 0 Å². The molecule has 3 aromatic rings. The van der Waals surface area contributed by atoms with Crippen LogP contribution < -0.4 is 0 Å². The van der Waals surface area contributed by atoms with Gasteiger partial charge in [-0.2, -0.15) is 4.98 Å². The molecule has 0 saturated heterocycles. The monoisotopic (exact) mass is 354 g/mol. The van der Waals surface area contributed by atoms with E-state index in [4.69, 9.17) is 16.1 Å². The van der Waals surface area contributed by atoms with Crippen molar-refractivity contribution < 1.29 is 4.52 Å². The van der Waals surface area contributed by atoms with E-state index >= 15 is 0 Å². The standard InChI is InChI=1S/C13H12BrClN4O/c1-8-16-13(20-18-8)7-19-11-3-2-9(14)6-10(11)17-12(19)4-5-15/h2-3,6H,4-5,7H2,1H3. The van der Waals surface area contributed by atoms with Gasteiger partial charge >= 0.3 is 0 Å². The third kappa shape index (κ3) is 2.58. The number of imidazole rings is 1. The Morgan fingerprint density at radius 1 is 1.35 bits per heavy atom. The Labute approximate surface area is 129 Å². The number of halogens is 2. The van der Waals surface area contributed by atoms with Gasteiger partial charge in [-0.25, -0.2) is 4.98 Å². The van der Waals surface area contributed by atoms with Crippen LogP contribution in [0.1, 0.15) is 17.5 Å². The highest BCUT2D eigenvalue weighted by molar-refractivity contribution is 9.10. The number of rotatable bonds is 4. The molecule has 0 N–H and O–H groups in total. The summed E-state index contributed by atoms with van der Waals surface area (Å²) in [4.78, 5) is 8.87. The van der Waals surface area contributed by atoms with Crippen LogP contribution >= 0.6 is 27.5 Å². The Bertz CT molecular complexity index is 752. The minimum absolute atomic E-state index is 0.505. The van der Waals surface area contributed by atoms with Crippen LogP contribution in [0.5, 0.6) is 0 Å². The van der Waals surface area contributed by atoms with E-state index in [1.165, 1.54) is 0 Å². The summed E-state index contributed by atoms with van der Waals surface area (Å²) in [5.74, 6) is 2.64. The zero-order valence-electron chi connectivity index (χ0n) is 10.8. The first kappa shape index (κ1) is 13.6. The topological polar surface area (TPSA) is 56.7 Å². The van der Waals surface area contributed by atoms with Crippen LogP contribution in [0.4, 0.5) is 0 Å². The molecule has 0 unspecified atom stereocenters. The third-order valence-electron chi connectivity index (χ3n) is 2.97. The summed E-state index contributed by atoms with van der Waals surface area (Å²) in [6.45, 7) is 2.31. The van der Waals surface area contributed by atoms with Gasteiger partial charge in [0.05, 0.1) is 11.0 Å². The number of alkyl halides is 1. The molecular weight excluding hydrogens is 344 g/mol. The van der Waals surface area contributed by atoms with E-state index in [0.29, 0.717) is 30.6 Å². The van der Waals surface area contributed by atoms with Crippen molar-refractivity contribution in [3.63, 3.8) is 0 Å². The molecule has 5 nitrogen and oxygen atoms in total. The van der Waals surface area contributed by atoms with Crippen molar-refractivity contribution in [2.24, 2.45) is 0 Å². The molecule has 0 aliphatic rings. The lowest BCUT2D eigenvalue weighted by Crippen LogP contribution is -2.06. The molecular formula is C13H12BrClN4O. The van der Waals surface area contributed by atoms with Crippen LogP contribution in [-0.4, -0.2) is 25.6 Å². The van der Waals surface area contributed by atoms with E-state index in [1.54, 1.807) is 6.92 Å². The highest BCUT2D eigenvalue weighted by atomic mass is 79.9. The number of hydrogen-bond donors (Lipinski definition) is 0. The van der Waals surface area contributed by atoms with Crippen LogP contribution in [0.25, 0.3) is 11.0 Å². The van der Waals surface area contributed by atoms with Gasteiger partial charge in [0.15, 0.2) is 5.82 Å². The van der Waals surface area contributed by atoms with Crippen molar-refractivity contribution in [1.29, 1.82) is 0 Å². The molecule has 0 aliphatic heterocycles. The maximum absolute atomic E-state index is 5.86. The SMILES string of the molecule is Cc1noc(Cn2c(CCCl)nc3cc(Br)ccc32)n1. The molecule has 0 bridgehead atoms. The number of hydrogen-bond acceptors (Lipinski definition) is 4. The molecule has 104 valence electrons. The molecule has 3 rings (SSSR count). The second-order valence-corrected chi connectivity index (χ2v) is 5.72. The van der Waals surface area contributed by atoms with E-state index in [0.717, 1.165) is 21.3 Å². The van der Waals surface area contributed by atoms with E-state index in [2.05, 4.69) is 35.6 Å². The lowest BCUT2D eigenvalue weighted by molar-refractivity contribution is 0.367. The fourth-order valence-electron chi connectivity index (χ4n) is 2.14. The molecule has 0 amide bonds. The first-order valence-electron chi connectivity index (χ1n) is 6.17. The van der Waals surface area contributed by atoms with Gasteiger partial charge in [0.25, 0.3) is 0 Å². The minimum atomic E-state index is 0.505. The molecule has 0 radical (unpaired) electrons. The fourth-order valence-corrected chi connectivity index (χ4v) is 2.66. The van der Waals surface area contributed by atoms with Crippen LogP contribution in [0.15, 0.2) is 27.2 Å². The van der Waals surface area contributed by atoms with Crippen molar-refractivity contribution in [2.75, 3.05) is 5.88 Å². The molecule has 20 heavy (non-hydrogen) atoms. The Morgan fingerprint density at radius 2 is 2.20 bits per heavy atom. The summed E-state index contributed by atoms with van der Waals surface area (Å²) in [7, 11) is 0. The summed E-state index contributed by atoms with van der Waals surface area (Å²) < 4.78 is 8.26. The molecule has 2 heterocycles. The van der Waals surface area contributed by atoms with E-state index in [9.17, 15) is 0 Å². The van der Waals surface area contributed by atoms with Crippen LogP contribution in [-0.2, 0) is 13.0 Å². The van der Waals surface area contributed by atoms with E-state index in [1.807, 2.05) is 18.2 Å². The zero-order valence-corrected chi connectivity index (χ0v) is 13.1. The molecule has 0 saturated carbocycles. The maximum atomic E-state index is 5.86. The minimum Gasteiger partial charge on any atom is -0.337 e. The molecule has 7 heteroatoms. The molecule has 2 aromatic heterocycles. The van der Waals surface area contributed by atoms with Crippen molar-refractivity contribution >= 4 is 38.6 Å². The normalized spacial score (nSPS) is 11.3. The summed E-state index contributed by atoms with van der Waals surface area (Å²) in [6, 6.07) is 6.00. The number of nitrogens with zero attached hydrogens (tertiary/aromatic N) is 4. The van der Waals surface area contributed by atoms with Crippen LogP contribution in [0, 0.1) is 6.92 Å². The van der Waals surface area contributed by atoms with Gasteiger partial charge < -0.3 is 9.09 Å². The lowest BCUT2D eigenvalue weighted by atomic mass is 10.3. The largest absolute Gasteiger partial charge is 0.337 e. The van der Waals surface area contributed by atoms with Gasteiger partial charge in [0, 0.05) is 16.8 Å². The molecule has 1 aromatic carbocycles. The first-order chi connectivity index (χ1) is 9.67. The summed E-state index contributed by atoms with van der Waals surface area (Å²) in [5.41, 5.74) is 1.96. The molecule has 0 fully saturated rings. The van der Waals surface area contributed by atoms with Gasteiger partial charge in [-0.3, -0.25) is 0 Å². The predicted molar refractivity (Wildman–Crippen MR) is 80.0 cm³/mol. The van der Waals surface area contributed by atoms with Crippen molar-refractivity contribution in [1.82, 2.24) is 19.7 Å². The van der Waals surface area contributed by atoms with Gasteiger partial charge in [0.2, 0.25) is 5.89 Å². The molecule has 0 atom stereocenters. The second kappa shape index (κ2) is 5.54. The lowest BCUT2D eigenvalue weighted by Gasteiger charge is -2.05. The Hall–Kier alpha value is -1.40. The van der Waals surface area contributed by atoms with Crippen LogP contribution in [0.2, 0.25) is 0 Å². The Balaban J connectivity index is 2.08. The number of aromatic nitrogens is 4. The third-order valence-corrected chi connectivity index (χ3v) is 3.65. The zero-order chi connectivity index (χ0) is 14.1. The highest BCUT2D eigenvalue weighted by Gasteiger charge is 2.13.